The lowest BCUT2D eigenvalue weighted by molar-refractivity contribution is 0.136. The Labute approximate surface area is 87.7 Å². The maximum absolute atomic E-state index is 13.0. The van der Waals surface area contributed by atoms with Crippen LogP contribution in [0.5, 0.6) is 0 Å². The normalized spacial score (nSPS) is 30.8. The predicted octanol–water partition coefficient (Wildman–Crippen LogP) is 2.84. The van der Waals surface area contributed by atoms with Crippen LogP contribution in [-0.2, 0) is 0 Å². The first kappa shape index (κ1) is 10.6. The van der Waals surface area contributed by atoms with Gasteiger partial charge in [0.15, 0.2) is 11.6 Å². The number of halogens is 2. The van der Waals surface area contributed by atoms with Gasteiger partial charge in [-0.15, -0.1) is 0 Å². The second kappa shape index (κ2) is 3.89. The predicted molar refractivity (Wildman–Crippen MR) is 53.5 cm³/mol. The summed E-state index contributed by atoms with van der Waals surface area (Å²) in [6.45, 7) is 1.95. The molecule has 1 aromatic rings. The number of aliphatic hydroxyl groups excluding tert-OH is 1. The van der Waals surface area contributed by atoms with E-state index in [2.05, 4.69) is 0 Å². The molecule has 1 fully saturated rings. The third-order valence-corrected chi connectivity index (χ3v) is 3.39. The molecule has 0 saturated heterocycles. The van der Waals surface area contributed by atoms with Crippen LogP contribution in [0.3, 0.4) is 0 Å². The highest BCUT2D eigenvalue weighted by Gasteiger charge is 2.32. The molecule has 3 atom stereocenters. The zero-order valence-electron chi connectivity index (χ0n) is 8.58. The van der Waals surface area contributed by atoms with E-state index < -0.39 is 11.6 Å². The summed E-state index contributed by atoms with van der Waals surface area (Å²) in [5.41, 5.74) is 0.790. The van der Waals surface area contributed by atoms with Gasteiger partial charge in [-0.1, -0.05) is 13.0 Å². The van der Waals surface area contributed by atoms with Crippen molar-refractivity contribution in [2.24, 2.45) is 5.92 Å². The molecule has 15 heavy (non-hydrogen) atoms. The summed E-state index contributed by atoms with van der Waals surface area (Å²) in [5, 5.41) is 9.59. The molecule has 1 nitrogen and oxygen atoms in total. The van der Waals surface area contributed by atoms with E-state index in [0.29, 0.717) is 0 Å². The third-order valence-electron chi connectivity index (χ3n) is 3.39. The number of aliphatic hydroxyl groups is 1. The van der Waals surface area contributed by atoms with Crippen molar-refractivity contribution in [1.29, 1.82) is 0 Å². The van der Waals surface area contributed by atoms with Crippen LogP contribution in [0.15, 0.2) is 18.2 Å². The zero-order valence-corrected chi connectivity index (χ0v) is 8.58. The van der Waals surface area contributed by atoms with Crippen LogP contribution in [0, 0.1) is 17.6 Å². The molecule has 0 spiro atoms. The number of rotatable bonds is 1. The van der Waals surface area contributed by atoms with E-state index >= 15 is 0 Å². The highest BCUT2D eigenvalue weighted by Crippen LogP contribution is 2.39. The van der Waals surface area contributed by atoms with Crippen LogP contribution in [-0.4, -0.2) is 11.2 Å². The molecule has 0 amide bonds. The molecular formula is C12H14F2O. The van der Waals surface area contributed by atoms with E-state index in [0.717, 1.165) is 24.5 Å². The molecule has 1 N–H and O–H groups in total. The van der Waals surface area contributed by atoms with Crippen molar-refractivity contribution in [3.05, 3.63) is 35.4 Å². The standard InChI is InChI=1S/C12H14F2O/c1-7-9(3-5-12(7)15)8-2-4-10(13)11(14)6-8/h2,4,6-7,9,12,15H,3,5H2,1H3. The maximum Gasteiger partial charge on any atom is 0.159 e. The summed E-state index contributed by atoms with van der Waals surface area (Å²) in [5.74, 6) is -1.35. The van der Waals surface area contributed by atoms with Crippen molar-refractivity contribution in [3.63, 3.8) is 0 Å². The highest BCUT2D eigenvalue weighted by atomic mass is 19.2. The van der Waals surface area contributed by atoms with Gasteiger partial charge in [0.05, 0.1) is 6.10 Å². The van der Waals surface area contributed by atoms with E-state index in [1.807, 2.05) is 6.92 Å². The first-order valence-corrected chi connectivity index (χ1v) is 5.22. The molecule has 2 rings (SSSR count). The van der Waals surface area contributed by atoms with Crippen LogP contribution in [0.2, 0.25) is 0 Å². The number of hydrogen-bond donors (Lipinski definition) is 1. The van der Waals surface area contributed by atoms with E-state index in [4.69, 9.17) is 0 Å². The molecule has 82 valence electrons. The smallest absolute Gasteiger partial charge is 0.159 e. The fourth-order valence-corrected chi connectivity index (χ4v) is 2.36. The van der Waals surface area contributed by atoms with Gasteiger partial charge in [-0.05, 0) is 42.4 Å². The second-order valence-electron chi connectivity index (χ2n) is 4.28. The molecule has 0 aliphatic heterocycles. The summed E-state index contributed by atoms with van der Waals surface area (Å²) in [4.78, 5) is 0. The van der Waals surface area contributed by atoms with Crippen LogP contribution in [0.4, 0.5) is 8.78 Å². The summed E-state index contributed by atoms with van der Waals surface area (Å²) in [6.07, 6.45) is 1.27. The Hall–Kier alpha value is -0.960. The summed E-state index contributed by atoms with van der Waals surface area (Å²) < 4.78 is 25.8. The van der Waals surface area contributed by atoms with Gasteiger partial charge in [-0.2, -0.15) is 0 Å². The second-order valence-corrected chi connectivity index (χ2v) is 4.28. The van der Waals surface area contributed by atoms with E-state index in [-0.39, 0.29) is 17.9 Å². The Balaban J connectivity index is 2.26. The van der Waals surface area contributed by atoms with Gasteiger partial charge in [0.1, 0.15) is 0 Å². The van der Waals surface area contributed by atoms with Crippen molar-refractivity contribution < 1.29 is 13.9 Å². The quantitative estimate of drug-likeness (QED) is 0.759. The van der Waals surface area contributed by atoms with E-state index in [1.165, 1.54) is 6.07 Å². The number of hydrogen-bond acceptors (Lipinski definition) is 1. The van der Waals surface area contributed by atoms with E-state index in [1.54, 1.807) is 6.07 Å². The summed E-state index contributed by atoms with van der Waals surface area (Å²) in [7, 11) is 0. The summed E-state index contributed by atoms with van der Waals surface area (Å²) in [6, 6.07) is 4.01. The van der Waals surface area contributed by atoms with Gasteiger partial charge >= 0.3 is 0 Å². The molecule has 3 heteroatoms. The molecular weight excluding hydrogens is 198 g/mol. The van der Waals surface area contributed by atoms with Crippen LogP contribution in [0.25, 0.3) is 0 Å². The minimum atomic E-state index is -0.815. The monoisotopic (exact) mass is 212 g/mol. The van der Waals surface area contributed by atoms with Crippen LogP contribution in [0.1, 0.15) is 31.2 Å². The lowest BCUT2D eigenvalue weighted by Gasteiger charge is -2.17. The average Bonchev–Trinajstić information content (AvgIpc) is 2.53. The Morgan fingerprint density at radius 1 is 1.20 bits per heavy atom. The molecule has 0 heterocycles. The topological polar surface area (TPSA) is 20.2 Å². The maximum atomic E-state index is 13.0. The van der Waals surface area contributed by atoms with Crippen molar-refractivity contribution in [2.45, 2.75) is 31.8 Å². The lowest BCUT2D eigenvalue weighted by Crippen LogP contribution is -2.14. The van der Waals surface area contributed by atoms with Crippen LogP contribution >= 0.6 is 0 Å². The third kappa shape index (κ3) is 1.88. The van der Waals surface area contributed by atoms with Gasteiger partial charge in [-0.25, -0.2) is 8.78 Å². The Morgan fingerprint density at radius 2 is 1.93 bits per heavy atom. The van der Waals surface area contributed by atoms with Gasteiger partial charge in [0.2, 0.25) is 0 Å². The first-order valence-electron chi connectivity index (χ1n) is 5.22. The minimum absolute atomic E-state index is 0.120. The number of benzene rings is 1. The molecule has 0 bridgehead atoms. The first-order chi connectivity index (χ1) is 7.09. The molecule has 1 aromatic carbocycles. The highest BCUT2D eigenvalue weighted by molar-refractivity contribution is 5.23. The SMILES string of the molecule is CC1C(O)CCC1c1ccc(F)c(F)c1. The summed E-state index contributed by atoms with van der Waals surface area (Å²) >= 11 is 0. The van der Waals surface area contributed by atoms with Crippen molar-refractivity contribution in [2.75, 3.05) is 0 Å². The van der Waals surface area contributed by atoms with Crippen LogP contribution < -0.4 is 0 Å². The van der Waals surface area contributed by atoms with Gasteiger partial charge < -0.3 is 5.11 Å². The molecule has 0 radical (unpaired) electrons. The Kier molecular flexibility index (Phi) is 2.74. The fourth-order valence-electron chi connectivity index (χ4n) is 2.36. The van der Waals surface area contributed by atoms with Crippen molar-refractivity contribution in [1.82, 2.24) is 0 Å². The minimum Gasteiger partial charge on any atom is -0.393 e. The molecule has 1 aliphatic carbocycles. The van der Waals surface area contributed by atoms with E-state index in [9.17, 15) is 13.9 Å². The molecule has 1 aliphatic rings. The zero-order chi connectivity index (χ0) is 11.0. The lowest BCUT2D eigenvalue weighted by atomic mass is 9.89. The fraction of sp³-hybridized carbons (Fsp3) is 0.500. The van der Waals surface area contributed by atoms with Gasteiger partial charge in [-0.3, -0.25) is 0 Å². The van der Waals surface area contributed by atoms with Crippen molar-refractivity contribution in [3.8, 4) is 0 Å². The molecule has 1 saturated carbocycles. The van der Waals surface area contributed by atoms with Gasteiger partial charge in [0.25, 0.3) is 0 Å². The molecule has 0 aromatic heterocycles. The molecule has 3 unspecified atom stereocenters. The largest absolute Gasteiger partial charge is 0.393 e. The Bertz CT molecular complexity index is 365. The Morgan fingerprint density at radius 3 is 2.47 bits per heavy atom. The van der Waals surface area contributed by atoms with Crippen molar-refractivity contribution >= 4 is 0 Å². The van der Waals surface area contributed by atoms with Gasteiger partial charge in [0, 0.05) is 0 Å². The average molecular weight is 212 g/mol.